The van der Waals surface area contributed by atoms with Crippen LogP contribution in [0.4, 0.5) is 5.00 Å². The van der Waals surface area contributed by atoms with E-state index in [9.17, 15) is 4.79 Å². The fourth-order valence-corrected chi connectivity index (χ4v) is 2.93. The van der Waals surface area contributed by atoms with Crippen LogP contribution in [0.5, 0.6) is 0 Å². The maximum Gasteiger partial charge on any atom is 0.306 e. The summed E-state index contributed by atoms with van der Waals surface area (Å²) in [6.07, 6.45) is 1.27. The molecule has 0 aliphatic carbocycles. The highest BCUT2D eigenvalue weighted by molar-refractivity contribution is 7.10. The van der Waals surface area contributed by atoms with Crippen LogP contribution in [0.3, 0.4) is 0 Å². The Hall–Kier alpha value is -1.61. The van der Waals surface area contributed by atoms with Crippen LogP contribution in [0.1, 0.15) is 24.1 Å². The average Bonchev–Trinajstić information content (AvgIpc) is 2.70. The summed E-state index contributed by atoms with van der Waals surface area (Å²) in [7, 11) is 0. The van der Waals surface area contributed by atoms with E-state index in [1.165, 1.54) is 11.5 Å². The molecule has 17 heavy (non-hydrogen) atoms. The maximum atomic E-state index is 10.8. The van der Waals surface area contributed by atoms with Gasteiger partial charge in [-0.05, 0) is 31.3 Å². The summed E-state index contributed by atoms with van der Waals surface area (Å²) >= 11 is 1.32. The molecule has 1 aliphatic heterocycles. The van der Waals surface area contributed by atoms with E-state index in [-0.39, 0.29) is 5.92 Å². The zero-order chi connectivity index (χ0) is 12.4. The molecule has 0 aromatic carbocycles. The van der Waals surface area contributed by atoms with Gasteiger partial charge in [-0.1, -0.05) is 0 Å². The van der Waals surface area contributed by atoms with Crippen molar-refractivity contribution in [2.24, 2.45) is 5.92 Å². The van der Waals surface area contributed by atoms with Crippen LogP contribution >= 0.6 is 11.5 Å². The van der Waals surface area contributed by atoms with Gasteiger partial charge in [0, 0.05) is 13.1 Å². The first-order valence-electron chi connectivity index (χ1n) is 5.47. The van der Waals surface area contributed by atoms with E-state index in [1.807, 2.05) is 6.92 Å². The Morgan fingerprint density at radius 1 is 1.59 bits per heavy atom. The van der Waals surface area contributed by atoms with E-state index in [2.05, 4.69) is 15.3 Å². The second-order valence-corrected chi connectivity index (χ2v) is 4.91. The van der Waals surface area contributed by atoms with Crippen molar-refractivity contribution in [1.82, 2.24) is 4.37 Å². The second kappa shape index (κ2) is 4.72. The summed E-state index contributed by atoms with van der Waals surface area (Å²) in [6, 6.07) is 2.17. The Morgan fingerprint density at radius 3 is 2.76 bits per heavy atom. The molecule has 2 rings (SSSR count). The molecule has 1 aromatic rings. The third-order valence-corrected chi connectivity index (χ3v) is 4.09. The lowest BCUT2D eigenvalue weighted by Gasteiger charge is -2.30. The van der Waals surface area contributed by atoms with Gasteiger partial charge in [-0.15, -0.1) is 0 Å². The van der Waals surface area contributed by atoms with Crippen molar-refractivity contribution in [3.8, 4) is 6.07 Å². The predicted molar refractivity (Wildman–Crippen MR) is 64.1 cm³/mol. The molecule has 1 N–H and O–H groups in total. The number of nitrogens with zero attached hydrogens (tertiary/aromatic N) is 3. The van der Waals surface area contributed by atoms with E-state index in [0.717, 1.165) is 10.7 Å². The first kappa shape index (κ1) is 11.9. The molecular formula is C11H13N3O2S. The topological polar surface area (TPSA) is 77.2 Å². The number of carboxylic acid groups (broad SMARTS) is 1. The number of carboxylic acids is 1. The SMILES string of the molecule is Cc1nsc(N2CCC(C(=O)O)CC2)c1C#N. The summed E-state index contributed by atoms with van der Waals surface area (Å²) in [5.41, 5.74) is 1.39. The van der Waals surface area contributed by atoms with E-state index in [1.54, 1.807) is 0 Å². The van der Waals surface area contributed by atoms with Gasteiger partial charge >= 0.3 is 5.97 Å². The zero-order valence-corrected chi connectivity index (χ0v) is 10.3. The molecule has 0 atom stereocenters. The van der Waals surface area contributed by atoms with E-state index in [4.69, 9.17) is 10.4 Å². The van der Waals surface area contributed by atoms with Crippen molar-refractivity contribution in [3.63, 3.8) is 0 Å². The fourth-order valence-electron chi connectivity index (χ4n) is 2.03. The number of nitriles is 1. The third kappa shape index (κ3) is 2.24. The first-order valence-corrected chi connectivity index (χ1v) is 6.25. The van der Waals surface area contributed by atoms with Crippen LogP contribution in [0, 0.1) is 24.2 Å². The number of hydrogen-bond donors (Lipinski definition) is 1. The standard InChI is InChI=1S/C11H13N3O2S/c1-7-9(6-12)10(17-13-7)14-4-2-8(3-5-14)11(15)16/h8H,2-5H2,1H3,(H,15,16). The average molecular weight is 251 g/mol. The van der Waals surface area contributed by atoms with E-state index < -0.39 is 5.97 Å². The lowest BCUT2D eigenvalue weighted by molar-refractivity contribution is -0.142. The number of aromatic nitrogens is 1. The Morgan fingerprint density at radius 2 is 2.24 bits per heavy atom. The Kier molecular flexibility index (Phi) is 3.29. The largest absolute Gasteiger partial charge is 0.481 e. The van der Waals surface area contributed by atoms with Crippen molar-refractivity contribution >= 4 is 22.5 Å². The Bertz CT molecular complexity index is 470. The summed E-state index contributed by atoms with van der Waals surface area (Å²) < 4.78 is 4.18. The summed E-state index contributed by atoms with van der Waals surface area (Å²) in [4.78, 5) is 12.9. The first-order chi connectivity index (χ1) is 8.13. The number of aliphatic carboxylic acids is 1. The van der Waals surface area contributed by atoms with Gasteiger partial charge in [0.05, 0.1) is 11.6 Å². The number of hydrogen-bond acceptors (Lipinski definition) is 5. The van der Waals surface area contributed by atoms with Gasteiger partial charge in [0.1, 0.15) is 16.6 Å². The zero-order valence-electron chi connectivity index (χ0n) is 9.51. The molecule has 1 fully saturated rings. The monoisotopic (exact) mass is 251 g/mol. The Balaban J connectivity index is 2.11. The molecule has 2 heterocycles. The number of carbonyl (C=O) groups is 1. The van der Waals surface area contributed by atoms with Crippen LogP contribution in [-0.4, -0.2) is 28.5 Å². The minimum absolute atomic E-state index is 0.245. The molecule has 0 spiro atoms. The summed E-state index contributed by atoms with van der Waals surface area (Å²) in [6.45, 7) is 3.20. The van der Waals surface area contributed by atoms with Gasteiger partial charge in [-0.2, -0.15) is 9.64 Å². The molecule has 6 heteroatoms. The lowest BCUT2D eigenvalue weighted by atomic mass is 9.97. The highest BCUT2D eigenvalue weighted by atomic mass is 32.1. The minimum atomic E-state index is -0.717. The van der Waals surface area contributed by atoms with Crippen molar-refractivity contribution in [1.29, 1.82) is 5.26 Å². The van der Waals surface area contributed by atoms with Gasteiger partial charge in [0.15, 0.2) is 0 Å². The van der Waals surface area contributed by atoms with Gasteiger partial charge < -0.3 is 10.0 Å². The normalized spacial score (nSPS) is 16.8. The van der Waals surface area contributed by atoms with Crippen LogP contribution in [0.15, 0.2) is 0 Å². The molecular weight excluding hydrogens is 238 g/mol. The number of aryl methyl sites for hydroxylation is 1. The molecule has 0 unspecified atom stereocenters. The molecule has 0 amide bonds. The van der Waals surface area contributed by atoms with E-state index >= 15 is 0 Å². The molecule has 5 nitrogen and oxygen atoms in total. The Labute approximate surface area is 103 Å². The van der Waals surface area contributed by atoms with Gasteiger partial charge in [0.25, 0.3) is 0 Å². The van der Waals surface area contributed by atoms with Crippen molar-refractivity contribution in [2.75, 3.05) is 18.0 Å². The van der Waals surface area contributed by atoms with Crippen molar-refractivity contribution < 1.29 is 9.90 Å². The number of rotatable bonds is 2. The highest BCUT2D eigenvalue weighted by Gasteiger charge is 2.27. The maximum absolute atomic E-state index is 10.8. The fraction of sp³-hybridized carbons (Fsp3) is 0.545. The molecule has 0 saturated carbocycles. The summed E-state index contributed by atoms with van der Waals surface area (Å²) in [5, 5.41) is 18.9. The molecule has 1 aromatic heterocycles. The third-order valence-electron chi connectivity index (χ3n) is 3.09. The van der Waals surface area contributed by atoms with Gasteiger partial charge in [-0.3, -0.25) is 4.79 Å². The van der Waals surface area contributed by atoms with Crippen LogP contribution in [0.2, 0.25) is 0 Å². The number of anilines is 1. The molecule has 90 valence electrons. The smallest absolute Gasteiger partial charge is 0.306 e. The summed E-state index contributed by atoms with van der Waals surface area (Å²) in [5.74, 6) is -0.962. The molecule has 1 aliphatic rings. The molecule has 0 radical (unpaired) electrons. The van der Waals surface area contributed by atoms with Gasteiger partial charge in [-0.25, -0.2) is 0 Å². The van der Waals surface area contributed by atoms with Crippen LogP contribution < -0.4 is 4.90 Å². The van der Waals surface area contributed by atoms with Crippen LogP contribution in [0.25, 0.3) is 0 Å². The minimum Gasteiger partial charge on any atom is -0.481 e. The second-order valence-electron chi connectivity index (χ2n) is 4.16. The lowest BCUT2D eigenvalue weighted by Crippen LogP contribution is -2.36. The van der Waals surface area contributed by atoms with Crippen molar-refractivity contribution in [3.05, 3.63) is 11.3 Å². The van der Waals surface area contributed by atoms with Gasteiger partial charge in [0.2, 0.25) is 0 Å². The molecule has 0 bridgehead atoms. The van der Waals surface area contributed by atoms with Crippen molar-refractivity contribution in [2.45, 2.75) is 19.8 Å². The number of piperidine rings is 1. The quantitative estimate of drug-likeness (QED) is 0.864. The predicted octanol–water partition coefficient (Wildman–Crippen LogP) is 1.62. The highest BCUT2D eigenvalue weighted by Crippen LogP contribution is 2.31. The van der Waals surface area contributed by atoms with E-state index in [0.29, 0.717) is 31.5 Å². The molecule has 1 saturated heterocycles. The van der Waals surface area contributed by atoms with Crippen LogP contribution in [-0.2, 0) is 4.79 Å².